The van der Waals surface area contributed by atoms with Gasteiger partial charge in [-0.2, -0.15) is 0 Å². The summed E-state index contributed by atoms with van der Waals surface area (Å²) < 4.78 is 2.72. The fourth-order valence-electron chi connectivity index (χ4n) is 1.46. The first-order chi connectivity index (χ1) is 7.54. The maximum absolute atomic E-state index is 11.7. The molecule has 0 aliphatic carbocycles. The summed E-state index contributed by atoms with van der Waals surface area (Å²) in [7, 11) is 1.31. The molecule has 1 aromatic heterocycles. The van der Waals surface area contributed by atoms with E-state index in [1.807, 2.05) is 6.92 Å². The lowest BCUT2D eigenvalue weighted by atomic mass is 10.5. The number of aromatic nitrogens is 3. The van der Waals surface area contributed by atoms with Crippen molar-refractivity contribution in [3.8, 4) is 0 Å². The van der Waals surface area contributed by atoms with Crippen LogP contribution in [0.25, 0.3) is 0 Å². The van der Waals surface area contributed by atoms with Crippen molar-refractivity contribution in [2.45, 2.75) is 26.4 Å². The molecule has 0 saturated heterocycles. The van der Waals surface area contributed by atoms with E-state index in [0.29, 0.717) is 6.42 Å². The molecule has 90 valence electrons. The molecule has 0 spiro atoms. The third-order valence-corrected chi connectivity index (χ3v) is 2.27. The zero-order chi connectivity index (χ0) is 12.3. The second kappa shape index (κ2) is 4.93. The van der Waals surface area contributed by atoms with Crippen molar-refractivity contribution in [1.29, 1.82) is 0 Å². The monoisotopic (exact) mass is 229 g/mol. The van der Waals surface area contributed by atoms with Gasteiger partial charge in [0.25, 0.3) is 0 Å². The molecule has 0 fully saturated rings. The zero-order valence-electron chi connectivity index (χ0n) is 9.34. The van der Waals surface area contributed by atoms with Crippen LogP contribution in [0.3, 0.4) is 0 Å². The Kier molecular flexibility index (Phi) is 3.83. The standard InChI is InChI=1S/C9H15N3O4/c1-3-4-11-7(14)10(2)8(15)12(5-6-13)9(11)16/h13H,3-6H2,1-2H3. The quantitative estimate of drug-likeness (QED) is 0.654. The van der Waals surface area contributed by atoms with Crippen LogP contribution in [-0.2, 0) is 20.1 Å². The molecule has 1 N–H and O–H groups in total. The van der Waals surface area contributed by atoms with Crippen molar-refractivity contribution in [2.75, 3.05) is 6.61 Å². The molecule has 0 saturated carbocycles. The van der Waals surface area contributed by atoms with Crippen LogP contribution in [0.4, 0.5) is 0 Å². The Labute approximate surface area is 91.2 Å². The molecule has 0 bridgehead atoms. The largest absolute Gasteiger partial charge is 0.395 e. The van der Waals surface area contributed by atoms with Gasteiger partial charge in [0.05, 0.1) is 13.2 Å². The van der Waals surface area contributed by atoms with Crippen LogP contribution in [0.5, 0.6) is 0 Å². The van der Waals surface area contributed by atoms with Gasteiger partial charge >= 0.3 is 17.1 Å². The molecule has 0 radical (unpaired) electrons. The van der Waals surface area contributed by atoms with Crippen LogP contribution in [0.2, 0.25) is 0 Å². The summed E-state index contributed by atoms with van der Waals surface area (Å²) in [5.41, 5.74) is -1.98. The van der Waals surface area contributed by atoms with Crippen molar-refractivity contribution in [2.24, 2.45) is 7.05 Å². The van der Waals surface area contributed by atoms with E-state index in [1.165, 1.54) is 7.05 Å². The van der Waals surface area contributed by atoms with Gasteiger partial charge in [0.2, 0.25) is 0 Å². The van der Waals surface area contributed by atoms with Crippen molar-refractivity contribution < 1.29 is 5.11 Å². The number of nitrogens with zero attached hydrogens (tertiary/aromatic N) is 3. The number of aliphatic hydroxyl groups excluding tert-OH is 1. The summed E-state index contributed by atoms with van der Waals surface area (Å²) in [6.45, 7) is 1.67. The van der Waals surface area contributed by atoms with Crippen LogP contribution in [-0.4, -0.2) is 25.4 Å². The zero-order valence-corrected chi connectivity index (χ0v) is 9.34. The van der Waals surface area contributed by atoms with Crippen LogP contribution in [0.15, 0.2) is 14.4 Å². The average molecular weight is 229 g/mol. The fraction of sp³-hybridized carbons (Fsp3) is 0.667. The van der Waals surface area contributed by atoms with E-state index < -0.39 is 17.1 Å². The van der Waals surface area contributed by atoms with E-state index >= 15 is 0 Å². The van der Waals surface area contributed by atoms with Crippen LogP contribution >= 0.6 is 0 Å². The molecule has 7 heteroatoms. The van der Waals surface area contributed by atoms with E-state index in [2.05, 4.69) is 0 Å². The van der Waals surface area contributed by atoms with Gasteiger partial charge in [-0.25, -0.2) is 28.1 Å². The number of hydrogen-bond acceptors (Lipinski definition) is 4. The predicted molar refractivity (Wildman–Crippen MR) is 57.6 cm³/mol. The molecule has 0 unspecified atom stereocenters. The van der Waals surface area contributed by atoms with Gasteiger partial charge in [-0.1, -0.05) is 6.92 Å². The Morgan fingerprint density at radius 1 is 1.00 bits per heavy atom. The van der Waals surface area contributed by atoms with Gasteiger partial charge in [0, 0.05) is 13.6 Å². The van der Waals surface area contributed by atoms with E-state index in [1.54, 1.807) is 0 Å². The Balaban J connectivity index is 3.59. The van der Waals surface area contributed by atoms with Crippen LogP contribution in [0, 0.1) is 0 Å². The lowest BCUT2D eigenvalue weighted by molar-refractivity contribution is 0.265. The Morgan fingerprint density at radius 2 is 1.50 bits per heavy atom. The molecule has 0 aromatic carbocycles. The highest BCUT2D eigenvalue weighted by atomic mass is 16.3. The Morgan fingerprint density at radius 3 is 1.94 bits per heavy atom. The molecule has 1 aromatic rings. The van der Waals surface area contributed by atoms with Gasteiger partial charge in [-0.15, -0.1) is 0 Å². The van der Waals surface area contributed by atoms with Crippen molar-refractivity contribution in [3.63, 3.8) is 0 Å². The first kappa shape index (κ1) is 12.4. The Hall–Kier alpha value is -1.63. The van der Waals surface area contributed by atoms with Gasteiger partial charge in [-0.05, 0) is 6.42 Å². The third kappa shape index (κ3) is 1.99. The molecule has 7 nitrogen and oxygen atoms in total. The minimum atomic E-state index is -0.698. The number of aliphatic hydroxyl groups is 1. The summed E-state index contributed by atoms with van der Waals surface area (Å²) in [4.78, 5) is 34.9. The number of hydrogen-bond donors (Lipinski definition) is 1. The minimum absolute atomic E-state index is 0.102. The van der Waals surface area contributed by atoms with Gasteiger partial charge in [-0.3, -0.25) is 0 Å². The van der Waals surface area contributed by atoms with Crippen molar-refractivity contribution in [1.82, 2.24) is 13.7 Å². The molecular formula is C9H15N3O4. The van der Waals surface area contributed by atoms with Gasteiger partial charge in [0.1, 0.15) is 0 Å². The highest BCUT2D eigenvalue weighted by molar-refractivity contribution is 4.77. The van der Waals surface area contributed by atoms with Gasteiger partial charge < -0.3 is 5.11 Å². The molecule has 0 aliphatic rings. The van der Waals surface area contributed by atoms with E-state index in [4.69, 9.17) is 5.11 Å². The van der Waals surface area contributed by atoms with Crippen molar-refractivity contribution >= 4 is 0 Å². The predicted octanol–water partition coefficient (Wildman–Crippen LogP) is -1.89. The summed E-state index contributed by atoms with van der Waals surface area (Å²) in [6, 6.07) is 0. The van der Waals surface area contributed by atoms with Crippen molar-refractivity contribution in [3.05, 3.63) is 31.5 Å². The summed E-state index contributed by atoms with van der Waals surface area (Å²) in [5, 5.41) is 8.75. The lowest BCUT2D eigenvalue weighted by Crippen LogP contribution is -2.53. The topological polar surface area (TPSA) is 86.2 Å². The highest BCUT2D eigenvalue weighted by Gasteiger charge is 2.11. The first-order valence-electron chi connectivity index (χ1n) is 5.06. The smallest absolute Gasteiger partial charge is 0.336 e. The third-order valence-electron chi connectivity index (χ3n) is 2.27. The molecule has 0 atom stereocenters. The molecule has 0 aliphatic heterocycles. The van der Waals surface area contributed by atoms with Crippen LogP contribution < -0.4 is 17.1 Å². The molecular weight excluding hydrogens is 214 g/mol. The second-order valence-electron chi connectivity index (χ2n) is 3.43. The second-order valence-corrected chi connectivity index (χ2v) is 3.43. The number of rotatable bonds is 4. The summed E-state index contributed by atoms with van der Waals surface area (Å²) >= 11 is 0. The lowest BCUT2D eigenvalue weighted by Gasteiger charge is -2.09. The maximum Gasteiger partial charge on any atom is 0.336 e. The van der Waals surface area contributed by atoms with E-state index in [0.717, 1.165) is 13.7 Å². The normalized spacial score (nSPS) is 10.7. The van der Waals surface area contributed by atoms with E-state index in [-0.39, 0.29) is 19.7 Å². The first-order valence-corrected chi connectivity index (χ1v) is 5.06. The fourth-order valence-corrected chi connectivity index (χ4v) is 1.46. The minimum Gasteiger partial charge on any atom is -0.395 e. The molecule has 16 heavy (non-hydrogen) atoms. The summed E-state index contributed by atoms with van der Waals surface area (Å²) in [5.74, 6) is 0. The molecule has 1 heterocycles. The Bertz CT molecular complexity index is 493. The van der Waals surface area contributed by atoms with E-state index in [9.17, 15) is 14.4 Å². The van der Waals surface area contributed by atoms with Crippen LogP contribution in [0.1, 0.15) is 13.3 Å². The average Bonchev–Trinajstić information content (AvgIpc) is 2.28. The maximum atomic E-state index is 11.7. The molecule has 1 rings (SSSR count). The van der Waals surface area contributed by atoms with Gasteiger partial charge in [0.15, 0.2) is 0 Å². The summed E-state index contributed by atoms with van der Waals surface area (Å²) in [6.07, 6.45) is 0.618. The highest BCUT2D eigenvalue weighted by Crippen LogP contribution is 1.79. The SMILES string of the molecule is CCCn1c(=O)n(C)c(=O)n(CCO)c1=O. The molecule has 0 amide bonds.